The lowest BCUT2D eigenvalue weighted by molar-refractivity contribution is -0.0432. The highest BCUT2D eigenvalue weighted by molar-refractivity contribution is 5.85. The molecule has 3 N–H and O–H groups in total. The van der Waals surface area contributed by atoms with Gasteiger partial charge in [-0.1, -0.05) is 18.2 Å². The third-order valence-electron chi connectivity index (χ3n) is 4.09. The average Bonchev–Trinajstić information content (AvgIpc) is 3.19. The van der Waals surface area contributed by atoms with Crippen LogP contribution in [-0.2, 0) is 4.74 Å². The van der Waals surface area contributed by atoms with Crippen LogP contribution < -0.4 is 5.32 Å². The van der Waals surface area contributed by atoms with E-state index in [1.165, 1.54) is 6.33 Å². The maximum absolute atomic E-state index is 9.92. The third-order valence-corrected chi connectivity index (χ3v) is 4.09. The summed E-state index contributed by atoms with van der Waals surface area (Å²) < 4.78 is 7.43. The van der Waals surface area contributed by atoms with Crippen molar-refractivity contribution in [1.29, 1.82) is 0 Å². The lowest BCUT2D eigenvalue weighted by atomic mass is 10.2. The van der Waals surface area contributed by atoms with Gasteiger partial charge in [-0.2, -0.15) is 0 Å². The Morgan fingerprint density at radius 3 is 2.79 bits per heavy atom. The number of fused-ring (bicyclic) bond motifs is 1. The molecule has 0 spiro atoms. The van der Waals surface area contributed by atoms with Crippen LogP contribution in [0, 0.1) is 0 Å². The highest BCUT2D eigenvalue weighted by Gasteiger charge is 2.35. The topological polar surface area (TPSA) is 105 Å². The molecule has 1 aliphatic heterocycles. The van der Waals surface area contributed by atoms with Crippen molar-refractivity contribution < 1.29 is 14.9 Å². The first kappa shape index (κ1) is 15.0. The van der Waals surface area contributed by atoms with E-state index in [0.29, 0.717) is 23.4 Å². The van der Waals surface area contributed by atoms with Crippen LogP contribution in [0.2, 0.25) is 0 Å². The fraction of sp³-hybridized carbons (Fsp3) is 0.312. The summed E-state index contributed by atoms with van der Waals surface area (Å²) >= 11 is 0. The molecule has 8 heteroatoms. The maximum atomic E-state index is 9.92. The monoisotopic (exact) mass is 327 g/mol. The van der Waals surface area contributed by atoms with Gasteiger partial charge >= 0.3 is 0 Å². The minimum Gasteiger partial charge on any atom is -0.394 e. The predicted octanol–water partition coefficient (Wildman–Crippen LogP) is 1.21. The smallest absolute Gasteiger partial charge is 0.167 e. The molecule has 1 aromatic carbocycles. The van der Waals surface area contributed by atoms with Crippen LogP contribution in [0.15, 0.2) is 43.0 Å². The minimum absolute atomic E-state index is 0.222. The van der Waals surface area contributed by atoms with Crippen LogP contribution in [0.25, 0.3) is 11.2 Å². The van der Waals surface area contributed by atoms with E-state index < -0.39 is 18.4 Å². The SMILES string of the molecule is OCC1OC(n2cnc3c(Nc4ccccc4)ncnc32)CC1O. The van der Waals surface area contributed by atoms with Crippen LogP contribution in [0.3, 0.4) is 0 Å². The highest BCUT2D eigenvalue weighted by Crippen LogP contribution is 2.31. The Morgan fingerprint density at radius 2 is 2.04 bits per heavy atom. The summed E-state index contributed by atoms with van der Waals surface area (Å²) in [5.41, 5.74) is 2.13. The molecule has 2 aromatic heterocycles. The number of nitrogens with zero attached hydrogens (tertiary/aromatic N) is 4. The van der Waals surface area contributed by atoms with Crippen molar-refractivity contribution in [2.75, 3.05) is 11.9 Å². The van der Waals surface area contributed by atoms with E-state index in [-0.39, 0.29) is 6.61 Å². The summed E-state index contributed by atoms with van der Waals surface area (Å²) in [6.07, 6.45) is 1.74. The number of para-hydroxylation sites is 1. The molecule has 0 aliphatic carbocycles. The van der Waals surface area contributed by atoms with Gasteiger partial charge in [0.1, 0.15) is 18.7 Å². The molecule has 0 amide bonds. The molecule has 3 atom stereocenters. The third kappa shape index (κ3) is 2.60. The van der Waals surface area contributed by atoms with Crippen molar-refractivity contribution in [2.45, 2.75) is 24.9 Å². The Hall–Kier alpha value is -2.55. The molecular formula is C16H17N5O3. The summed E-state index contributed by atoms with van der Waals surface area (Å²) in [6.45, 7) is -0.222. The second-order valence-corrected chi connectivity index (χ2v) is 5.65. The Kier molecular flexibility index (Phi) is 3.85. The van der Waals surface area contributed by atoms with Crippen molar-refractivity contribution in [2.24, 2.45) is 0 Å². The zero-order valence-electron chi connectivity index (χ0n) is 12.8. The number of rotatable bonds is 4. The maximum Gasteiger partial charge on any atom is 0.167 e. The number of aliphatic hydroxyl groups excluding tert-OH is 2. The quantitative estimate of drug-likeness (QED) is 0.661. The highest BCUT2D eigenvalue weighted by atomic mass is 16.5. The minimum atomic E-state index is -0.707. The summed E-state index contributed by atoms with van der Waals surface area (Å²) in [7, 11) is 0. The number of ether oxygens (including phenoxy) is 1. The fourth-order valence-corrected chi connectivity index (χ4v) is 2.86. The molecule has 3 aromatic rings. The van der Waals surface area contributed by atoms with E-state index in [0.717, 1.165) is 5.69 Å². The summed E-state index contributed by atoms with van der Waals surface area (Å²) in [4.78, 5) is 12.9. The van der Waals surface area contributed by atoms with Crippen LogP contribution in [0.1, 0.15) is 12.6 Å². The molecule has 24 heavy (non-hydrogen) atoms. The van der Waals surface area contributed by atoms with E-state index >= 15 is 0 Å². The van der Waals surface area contributed by atoms with Gasteiger partial charge in [-0.05, 0) is 12.1 Å². The first-order valence-corrected chi connectivity index (χ1v) is 7.70. The number of benzene rings is 1. The number of imidazole rings is 1. The lowest BCUT2D eigenvalue weighted by Crippen LogP contribution is -2.24. The Labute approximate surface area is 137 Å². The van der Waals surface area contributed by atoms with Gasteiger partial charge in [-0.15, -0.1) is 0 Å². The van der Waals surface area contributed by atoms with Crippen LogP contribution in [-0.4, -0.2) is 48.5 Å². The van der Waals surface area contributed by atoms with Gasteiger partial charge in [-0.3, -0.25) is 4.57 Å². The molecule has 124 valence electrons. The van der Waals surface area contributed by atoms with Crippen molar-refractivity contribution >= 4 is 22.7 Å². The molecule has 0 bridgehead atoms. The summed E-state index contributed by atoms with van der Waals surface area (Å²) in [5, 5.41) is 22.4. The first-order valence-electron chi connectivity index (χ1n) is 7.70. The molecule has 3 unspecified atom stereocenters. The van der Waals surface area contributed by atoms with Crippen molar-refractivity contribution in [3.8, 4) is 0 Å². The molecule has 1 fully saturated rings. The standard InChI is InChI=1S/C16H17N5O3/c22-7-12-11(23)6-13(24-12)21-9-19-14-15(17-8-18-16(14)21)20-10-4-2-1-3-5-10/h1-5,8-9,11-13,22-23H,6-7H2,(H,17,18,20). The van der Waals surface area contributed by atoms with Gasteiger partial charge in [0.15, 0.2) is 17.0 Å². The average molecular weight is 327 g/mol. The largest absolute Gasteiger partial charge is 0.394 e. The van der Waals surface area contributed by atoms with Gasteiger partial charge in [-0.25, -0.2) is 15.0 Å². The molecule has 1 aliphatic rings. The van der Waals surface area contributed by atoms with Crippen LogP contribution in [0.4, 0.5) is 11.5 Å². The van der Waals surface area contributed by atoms with Crippen LogP contribution in [0.5, 0.6) is 0 Å². The Balaban J connectivity index is 1.67. The molecule has 4 rings (SSSR count). The van der Waals surface area contributed by atoms with Gasteiger partial charge in [0.2, 0.25) is 0 Å². The molecular weight excluding hydrogens is 310 g/mol. The summed E-state index contributed by atoms with van der Waals surface area (Å²) in [6, 6.07) is 9.68. The second-order valence-electron chi connectivity index (χ2n) is 5.65. The number of hydrogen-bond acceptors (Lipinski definition) is 7. The first-order chi connectivity index (χ1) is 11.8. The van der Waals surface area contributed by atoms with Crippen molar-refractivity contribution in [3.05, 3.63) is 43.0 Å². The predicted molar refractivity (Wildman–Crippen MR) is 86.7 cm³/mol. The van der Waals surface area contributed by atoms with E-state index in [4.69, 9.17) is 4.74 Å². The van der Waals surface area contributed by atoms with E-state index in [1.807, 2.05) is 30.3 Å². The van der Waals surface area contributed by atoms with Gasteiger partial charge in [0.25, 0.3) is 0 Å². The normalized spacial score (nSPS) is 23.7. The Morgan fingerprint density at radius 1 is 1.21 bits per heavy atom. The molecule has 0 radical (unpaired) electrons. The Bertz CT molecular complexity index is 838. The zero-order chi connectivity index (χ0) is 16.5. The van der Waals surface area contributed by atoms with E-state index in [2.05, 4.69) is 20.3 Å². The summed E-state index contributed by atoms with van der Waals surface area (Å²) in [5.74, 6) is 0.599. The fourth-order valence-electron chi connectivity index (χ4n) is 2.86. The molecule has 3 heterocycles. The lowest BCUT2D eigenvalue weighted by Gasteiger charge is -2.13. The number of anilines is 2. The zero-order valence-corrected chi connectivity index (χ0v) is 12.8. The van der Waals surface area contributed by atoms with Gasteiger partial charge < -0.3 is 20.3 Å². The van der Waals surface area contributed by atoms with E-state index in [9.17, 15) is 10.2 Å². The molecule has 8 nitrogen and oxygen atoms in total. The second kappa shape index (κ2) is 6.16. The number of aliphatic hydroxyl groups is 2. The molecule has 0 saturated carbocycles. The van der Waals surface area contributed by atoms with E-state index in [1.54, 1.807) is 10.9 Å². The number of nitrogens with one attached hydrogen (secondary N) is 1. The number of aromatic nitrogens is 4. The van der Waals surface area contributed by atoms with Gasteiger partial charge in [0.05, 0.1) is 19.0 Å². The van der Waals surface area contributed by atoms with Crippen LogP contribution >= 0.6 is 0 Å². The van der Waals surface area contributed by atoms with Crippen molar-refractivity contribution in [3.63, 3.8) is 0 Å². The van der Waals surface area contributed by atoms with Gasteiger partial charge in [0, 0.05) is 12.1 Å². The van der Waals surface area contributed by atoms with Crippen molar-refractivity contribution in [1.82, 2.24) is 19.5 Å². The molecule has 1 saturated heterocycles. The number of hydrogen-bond donors (Lipinski definition) is 3.